The fraction of sp³-hybridized carbons (Fsp3) is 0.743. The van der Waals surface area contributed by atoms with E-state index in [1.54, 1.807) is 0 Å². The summed E-state index contributed by atoms with van der Waals surface area (Å²) in [5.41, 5.74) is 16.9. The quantitative estimate of drug-likeness (QED) is 0.0320. The van der Waals surface area contributed by atoms with Crippen molar-refractivity contribution in [1.82, 2.24) is 0 Å². The Labute approximate surface area is 365 Å². The Hall–Kier alpha value is -2.90. The van der Waals surface area contributed by atoms with Gasteiger partial charge in [0.25, 0.3) is 5.91 Å². The van der Waals surface area contributed by atoms with Gasteiger partial charge in [-0.05, 0) is 18.2 Å². The van der Waals surface area contributed by atoms with Gasteiger partial charge in [0.05, 0.1) is 17.3 Å². The van der Waals surface area contributed by atoms with Gasteiger partial charge in [0.15, 0.2) is 24.5 Å². The first kappa shape index (κ1) is 53.4. The molecule has 2 aliphatic rings. The maximum absolute atomic E-state index is 16.1. The maximum atomic E-state index is 16.1. The molecule has 0 radical (unpaired) electrons. The molecule has 0 spiro atoms. The molecule has 0 saturated carbocycles. The van der Waals surface area contributed by atoms with E-state index < -0.39 is 119 Å². The minimum Gasteiger partial charge on any atom is -0.462 e. The zero-order valence-electron chi connectivity index (χ0n) is 34.5. The molecule has 22 nitrogen and oxygen atoms in total. The summed E-state index contributed by atoms with van der Waals surface area (Å²) in [4.78, 5) is 82.3. The number of aliphatic hydroxyl groups is 2. The molecule has 354 valence electrons. The number of aliphatic hydroxyl groups excluding tert-OH is 2. The van der Waals surface area contributed by atoms with Crippen LogP contribution in [0, 0.1) is 0 Å². The van der Waals surface area contributed by atoms with Gasteiger partial charge in [0.1, 0.15) is 42.0 Å². The van der Waals surface area contributed by atoms with Gasteiger partial charge < -0.3 is 70.1 Å². The Morgan fingerprint density at radius 3 is 1.95 bits per heavy atom. The standard InChI is InChI=1S/C35H56FN3O19P2S2/c1-5-6-7-8-9-10-11-12-13-14-22(43)50-15-20(36)27-29(52-17(2)40)30(53-18(3)41)31(54-19(4)42)35(56-27)57-59(47,48)58-60(49,61)51-16-21-25(44)26(45)28(55-21)23-24(37)32(33(38)46)62-34(23)39/h20-21,25-31,35,44-45H,5-16,37,39H2,1-4H3,(H2,38,46)(H,47,48)(H,49,61)/t20-,21+,25-,26?,27?,28-,29+,30?,31+,35-,60?/m0/s1. The van der Waals surface area contributed by atoms with Crippen molar-refractivity contribution in [2.75, 3.05) is 24.7 Å². The van der Waals surface area contributed by atoms with Crippen molar-refractivity contribution in [1.29, 1.82) is 0 Å². The largest absolute Gasteiger partial charge is 0.481 e. The van der Waals surface area contributed by atoms with Gasteiger partial charge in [-0.3, -0.25) is 28.5 Å². The first-order valence-corrected chi connectivity index (χ1v) is 24.5. The van der Waals surface area contributed by atoms with Crippen molar-refractivity contribution >= 4 is 78.2 Å². The van der Waals surface area contributed by atoms with Crippen LogP contribution in [0.25, 0.3) is 0 Å². The van der Waals surface area contributed by atoms with E-state index in [1.165, 1.54) is 12.8 Å². The molecule has 0 aromatic carbocycles. The molecular formula is C35H56FN3O19P2S2. The van der Waals surface area contributed by atoms with E-state index in [0.29, 0.717) is 17.8 Å². The van der Waals surface area contributed by atoms with E-state index in [2.05, 4.69) is 6.92 Å². The van der Waals surface area contributed by atoms with Crippen LogP contribution < -0.4 is 17.2 Å². The number of thiophene rings is 1. The number of alkyl halides is 1. The summed E-state index contributed by atoms with van der Waals surface area (Å²) in [7, 11) is -5.79. The Bertz CT molecular complexity index is 1810. The lowest BCUT2D eigenvalue weighted by Gasteiger charge is -2.45. The first-order chi connectivity index (χ1) is 29.0. The number of rotatable bonds is 25. The second-order valence-electron chi connectivity index (χ2n) is 14.5. The molecule has 0 bridgehead atoms. The number of phosphoric acid groups is 1. The third kappa shape index (κ3) is 16.0. The van der Waals surface area contributed by atoms with Crippen molar-refractivity contribution in [3.05, 3.63) is 10.4 Å². The Morgan fingerprint density at radius 2 is 1.40 bits per heavy atom. The molecule has 1 amide bonds. The summed E-state index contributed by atoms with van der Waals surface area (Å²) in [5, 5.41) is 21.3. The highest BCUT2D eigenvalue weighted by Gasteiger charge is 2.57. The zero-order chi connectivity index (χ0) is 46.5. The lowest BCUT2D eigenvalue weighted by atomic mass is 9.95. The number of halogens is 1. The van der Waals surface area contributed by atoms with E-state index in [1.807, 2.05) is 0 Å². The number of unbranched alkanes of at least 4 members (excludes halogenated alkanes) is 8. The van der Waals surface area contributed by atoms with Gasteiger partial charge in [0.2, 0.25) is 6.29 Å². The van der Waals surface area contributed by atoms with E-state index in [4.69, 9.17) is 70.8 Å². The molecule has 62 heavy (non-hydrogen) atoms. The van der Waals surface area contributed by atoms with Crippen LogP contribution in [0.2, 0.25) is 0 Å². The van der Waals surface area contributed by atoms with Crippen molar-refractivity contribution in [3.8, 4) is 0 Å². The number of phosphoric ester groups is 1. The first-order valence-electron chi connectivity index (χ1n) is 19.6. The molecular weight excluding hydrogens is 911 g/mol. The van der Waals surface area contributed by atoms with Gasteiger partial charge in [-0.25, -0.2) is 13.3 Å². The second kappa shape index (κ2) is 24.4. The average molecular weight is 968 g/mol. The molecule has 1 aromatic rings. The number of esters is 4. The number of carbonyl (C=O) groups is 5. The molecule has 27 heteroatoms. The Kier molecular flexibility index (Phi) is 21.0. The summed E-state index contributed by atoms with van der Waals surface area (Å²) < 4.78 is 76.3. The molecule has 2 fully saturated rings. The normalized spacial score (nSPS) is 27.3. The van der Waals surface area contributed by atoms with Crippen molar-refractivity contribution < 1.29 is 94.7 Å². The van der Waals surface area contributed by atoms with Crippen molar-refractivity contribution in [3.63, 3.8) is 0 Å². The molecule has 1 aromatic heterocycles. The monoisotopic (exact) mass is 967 g/mol. The molecule has 3 rings (SSSR count). The molecule has 2 saturated heterocycles. The molecule has 3 heterocycles. The van der Waals surface area contributed by atoms with Crippen LogP contribution >= 0.6 is 25.9 Å². The molecule has 0 aliphatic carbocycles. The smallest absolute Gasteiger partial charge is 0.462 e. The highest BCUT2D eigenvalue weighted by atomic mass is 32.5. The van der Waals surface area contributed by atoms with Gasteiger partial charge in [-0.1, -0.05) is 58.3 Å². The number of nitrogen functional groups attached to an aromatic ring is 2. The van der Waals surface area contributed by atoms with Gasteiger partial charge in [0, 0.05) is 32.8 Å². The van der Waals surface area contributed by atoms with E-state index in [-0.39, 0.29) is 27.5 Å². The average Bonchev–Trinajstić information content (AvgIpc) is 3.61. The fourth-order valence-corrected chi connectivity index (χ4v) is 10.6. The summed E-state index contributed by atoms with van der Waals surface area (Å²) in [5.74, 6) is -4.95. The summed E-state index contributed by atoms with van der Waals surface area (Å²) in [6, 6.07) is 0. The number of carbonyl (C=O) groups excluding carboxylic acids is 5. The SMILES string of the molecule is CCCCCCCCCCCC(=O)OC[C@H](F)C1O[C@@H](OP(=O)(O)OP(O)(=S)OC[C@H]2O[C@@H](c3c(N)sc(C(N)=O)c3N)C(O)[C@H]2O)[C@H](OC(C)=O)C(OC(C)=O)[C@@H]1OC(C)=O. The number of nitrogens with two attached hydrogens (primary N) is 3. The van der Waals surface area contributed by atoms with Crippen molar-refractivity contribution in [2.45, 2.75) is 153 Å². The summed E-state index contributed by atoms with van der Waals surface area (Å²) >= 11 is 5.56. The van der Waals surface area contributed by atoms with Crippen LogP contribution in [0.15, 0.2) is 0 Å². The highest BCUT2D eigenvalue weighted by molar-refractivity contribution is 8.08. The topological polar surface area (TPSA) is 344 Å². The number of anilines is 2. The van der Waals surface area contributed by atoms with Crippen LogP contribution in [0.5, 0.6) is 0 Å². The number of amides is 1. The second-order valence-corrected chi connectivity index (χ2v) is 19.9. The van der Waals surface area contributed by atoms with Gasteiger partial charge in [-0.2, -0.15) is 0 Å². The molecule has 5 unspecified atom stereocenters. The third-order valence-corrected chi connectivity index (χ3v) is 14.0. The molecule has 2 aliphatic heterocycles. The number of ether oxygens (including phenoxy) is 6. The number of hydrogen-bond donors (Lipinski definition) is 7. The fourth-order valence-electron chi connectivity index (χ4n) is 6.65. The van der Waals surface area contributed by atoms with Crippen LogP contribution in [0.4, 0.5) is 15.1 Å². The molecule has 10 N–H and O–H groups in total. The van der Waals surface area contributed by atoms with Crippen LogP contribution in [0.3, 0.4) is 0 Å². The minimum atomic E-state index is -5.79. The number of primary amides is 1. The van der Waals surface area contributed by atoms with E-state index in [0.717, 1.165) is 59.3 Å². The highest BCUT2D eigenvalue weighted by Crippen LogP contribution is 2.62. The maximum Gasteiger partial charge on any atom is 0.481 e. The van der Waals surface area contributed by atoms with E-state index in [9.17, 15) is 48.5 Å². The lowest BCUT2D eigenvalue weighted by Crippen LogP contribution is -2.64. The summed E-state index contributed by atoms with van der Waals surface area (Å²) in [6.45, 7) is -2.03. The van der Waals surface area contributed by atoms with Crippen LogP contribution in [0.1, 0.15) is 113 Å². The predicted octanol–water partition coefficient (Wildman–Crippen LogP) is 2.86. The summed E-state index contributed by atoms with van der Waals surface area (Å²) in [6.07, 6.45) is -10.6. The van der Waals surface area contributed by atoms with Crippen LogP contribution in [-0.4, -0.2) is 118 Å². The van der Waals surface area contributed by atoms with Gasteiger partial charge >= 0.3 is 38.4 Å². The van der Waals surface area contributed by atoms with Crippen LogP contribution in [-0.2, 0) is 77.3 Å². The minimum absolute atomic E-state index is 0.0410. The van der Waals surface area contributed by atoms with Crippen molar-refractivity contribution in [2.24, 2.45) is 5.73 Å². The molecule has 12 atom stereocenters. The number of hydrogen-bond acceptors (Lipinski definition) is 21. The Balaban J connectivity index is 1.74. The predicted molar refractivity (Wildman–Crippen MR) is 219 cm³/mol. The lowest BCUT2D eigenvalue weighted by molar-refractivity contribution is -0.296. The third-order valence-electron chi connectivity index (χ3n) is 9.41. The van der Waals surface area contributed by atoms with Gasteiger partial charge in [-0.15, -0.1) is 11.3 Å². The Morgan fingerprint density at radius 1 is 0.855 bits per heavy atom. The zero-order valence-corrected chi connectivity index (χ0v) is 37.9. The van der Waals surface area contributed by atoms with E-state index >= 15 is 4.39 Å².